The van der Waals surface area contributed by atoms with Gasteiger partial charge in [0.15, 0.2) is 0 Å². The van der Waals surface area contributed by atoms with Crippen molar-refractivity contribution in [2.75, 3.05) is 66.1 Å². The Kier molecular flexibility index (Phi) is 17.3. The Morgan fingerprint density at radius 1 is 0.725 bits per heavy atom. The molecule has 0 aliphatic carbocycles. The van der Waals surface area contributed by atoms with E-state index in [1.807, 2.05) is 41.5 Å². The number of hydrogen-bond donors (Lipinski definition) is 1. The van der Waals surface area contributed by atoms with E-state index in [0.29, 0.717) is 68.8 Å². The Balaban J connectivity index is 0.000000293. The molecule has 14 nitrogen and oxygen atoms in total. The number of halogens is 1. The molecule has 4 rings (SSSR count). The highest BCUT2D eigenvalue weighted by Gasteiger charge is 2.29. The van der Waals surface area contributed by atoms with E-state index in [4.69, 9.17) is 40.4 Å². The second kappa shape index (κ2) is 20.5. The number of esters is 2. The first-order valence-corrected chi connectivity index (χ1v) is 16.9. The van der Waals surface area contributed by atoms with E-state index in [1.165, 1.54) is 38.5 Å². The maximum Gasteiger partial charge on any atom is 0.410 e. The molecule has 51 heavy (non-hydrogen) atoms. The normalized spacial score (nSPS) is 17.4. The smallest absolute Gasteiger partial charge is 0.410 e. The van der Waals surface area contributed by atoms with Crippen LogP contribution in [0.1, 0.15) is 62.3 Å². The van der Waals surface area contributed by atoms with Crippen LogP contribution in [-0.4, -0.2) is 129 Å². The molecule has 2 aromatic rings. The predicted octanol–water partition coefficient (Wildman–Crippen LogP) is 5.53. The molecule has 0 bridgehead atoms. The molecule has 2 aliphatic rings. The number of methoxy groups -OCH3 is 2. The summed E-state index contributed by atoms with van der Waals surface area (Å²) in [6.07, 6.45) is -0.946. The summed E-state index contributed by atoms with van der Waals surface area (Å²) in [5, 5.41) is 8.86. The topological polar surface area (TPSA) is 160 Å². The number of alkyl halides is 1. The zero-order valence-electron chi connectivity index (χ0n) is 30.6. The largest absolute Gasteiger partial charge is 0.508 e. The van der Waals surface area contributed by atoms with Crippen LogP contribution in [0.5, 0.6) is 11.5 Å². The minimum Gasteiger partial charge on any atom is -0.508 e. The fourth-order valence-electron chi connectivity index (χ4n) is 4.33. The van der Waals surface area contributed by atoms with Gasteiger partial charge in [0.1, 0.15) is 35.4 Å². The van der Waals surface area contributed by atoms with E-state index in [9.17, 15) is 19.2 Å². The van der Waals surface area contributed by atoms with Crippen molar-refractivity contribution in [2.24, 2.45) is 0 Å². The van der Waals surface area contributed by atoms with Gasteiger partial charge in [-0.1, -0.05) is 0 Å². The fourth-order valence-corrected chi connectivity index (χ4v) is 4.51. The molecule has 2 unspecified atom stereocenters. The van der Waals surface area contributed by atoms with Crippen molar-refractivity contribution in [3.05, 3.63) is 59.7 Å². The van der Waals surface area contributed by atoms with Crippen LogP contribution in [0.15, 0.2) is 48.5 Å². The maximum absolute atomic E-state index is 12.1. The molecule has 1 N–H and O–H groups in total. The predicted molar refractivity (Wildman–Crippen MR) is 189 cm³/mol. The van der Waals surface area contributed by atoms with E-state index in [0.717, 1.165) is 0 Å². The lowest BCUT2D eigenvalue weighted by Gasteiger charge is -2.34. The molecule has 2 aromatic carbocycles. The van der Waals surface area contributed by atoms with Crippen LogP contribution in [0.4, 0.5) is 9.59 Å². The number of carbonyl (C=O) groups is 4. The highest BCUT2D eigenvalue weighted by atomic mass is 35.5. The molecule has 15 heteroatoms. The van der Waals surface area contributed by atoms with E-state index in [2.05, 4.69) is 9.47 Å². The number of morpholine rings is 2. The van der Waals surface area contributed by atoms with Crippen LogP contribution in [-0.2, 0) is 28.4 Å². The third-order valence-corrected chi connectivity index (χ3v) is 7.10. The minimum atomic E-state index is -0.525. The Hall–Kier alpha value is -4.27. The molecular formula is C36H51ClN2O12. The number of amides is 2. The van der Waals surface area contributed by atoms with Crippen molar-refractivity contribution < 1.29 is 57.4 Å². The van der Waals surface area contributed by atoms with Gasteiger partial charge in [-0.25, -0.2) is 19.2 Å². The maximum atomic E-state index is 12.1. The lowest BCUT2D eigenvalue weighted by molar-refractivity contribution is -0.0557. The second-order valence-electron chi connectivity index (χ2n) is 13.4. The molecule has 2 saturated heterocycles. The Morgan fingerprint density at radius 2 is 1.14 bits per heavy atom. The third kappa shape index (κ3) is 16.5. The number of nitrogens with zero attached hydrogens (tertiary/aromatic N) is 2. The Labute approximate surface area is 304 Å². The van der Waals surface area contributed by atoms with Gasteiger partial charge in [-0.3, -0.25) is 0 Å². The summed E-state index contributed by atoms with van der Waals surface area (Å²) in [4.78, 5) is 49.3. The zero-order chi connectivity index (χ0) is 38.2. The molecular weight excluding hydrogens is 688 g/mol. The number of carbonyl (C=O) groups excluding carboxylic acids is 4. The van der Waals surface area contributed by atoms with Crippen LogP contribution in [0, 0.1) is 0 Å². The van der Waals surface area contributed by atoms with E-state index in [-0.39, 0.29) is 30.1 Å². The first-order chi connectivity index (χ1) is 23.9. The summed E-state index contributed by atoms with van der Waals surface area (Å²) in [6, 6.07) is 12.5. The molecule has 0 saturated carbocycles. The van der Waals surface area contributed by atoms with Gasteiger partial charge < -0.3 is 48.1 Å². The van der Waals surface area contributed by atoms with Crippen molar-refractivity contribution >= 4 is 35.7 Å². The summed E-state index contributed by atoms with van der Waals surface area (Å²) in [5.74, 6) is 0.364. The minimum absolute atomic E-state index is 0.0760. The zero-order valence-corrected chi connectivity index (χ0v) is 31.4. The molecule has 2 fully saturated rings. The lowest BCUT2D eigenvalue weighted by Crippen LogP contribution is -2.49. The highest BCUT2D eigenvalue weighted by Crippen LogP contribution is 2.17. The monoisotopic (exact) mass is 738 g/mol. The summed E-state index contributed by atoms with van der Waals surface area (Å²) in [5.41, 5.74) is -0.0839. The first-order valence-electron chi connectivity index (χ1n) is 16.4. The van der Waals surface area contributed by atoms with Crippen molar-refractivity contribution in [3.63, 3.8) is 0 Å². The molecule has 0 aromatic heterocycles. The molecule has 2 atom stereocenters. The molecule has 2 aliphatic heterocycles. The molecule has 0 spiro atoms. The number of rotatable bonds is 6. The van der Waals surface area contributed by atoms with Gasteiger partial charge in [0.05, 0.1) is 63.6 Å². The fraction of sp³-hybridized carbons (Fsp3) is 0.556. The second-order valence-corrected chi connectivity index (χ2v) is 13.7. The summed E-state index contributed by atoms with van der Waals surface area (Å²) < 4.78 is 36.4. The van der Waals surface area contributed by atoms with Crippen molar-refractivity contribution in [3.8, 4) is 11.5 Å². The lowest BCUT2D eigenvalue weighted by atomic mass is 10.2. The van der Waals surface area contributed by atoms with Crippen molar-refractivity contribution in [2.45, 2.75) is 65.0 Å². The van der Waals surface area contributed by atoms with E-state index >= 15 is 0 Å². The average molecular weight is 739 g/mol. The van der Waals surface area contributed by atoms with E-state index in [1.54, 1.807) is 34.1 Å². The van der Waals surface area contributed by atoms with Crippen LogP contribution in [0.3, 0.4) is 0 Å². The van der Waals surface area contributed by atoms with Gasteiger partial charge in [-0.15, -0.1) is 11.6 Å². The van der Waals surface area contributed by atoms with Gasteiger partial charge >= 0.3 is 24.1 Å². The standard InChI is InChI=1S/C18H25NO6.C10H18ClNO3.C8H8O3/c1-18(2,3)25-17(21)19-9-10-23-15(11-19)12-24-14-7-5-13(6-8-14)16(20)22-4;1-10(2,3)15-9(13)12-4-5-14-8(6-11)7-12;1-11-8(10)6-2-4-7(9)5-3-6/h5-8,15H,9-12H2,1-4H3;8H,4-7H2,1-3H3;2-5,9H,1H3. The van der Waals surface area contributed by atoms with Gasteiger partial charge in [-0.2, -0.15) is 0 Å². The highest BCUT2D eigenvalue weighted by molar-refractivity contribution is 6.18. The summed E-state index contributed by atoms with van der Waals surface area (Å²) >= 11 is 5.68. The number of phenolic OH excluding ortho intramolecular Hbond substituents is 1. The van der Waals surface area contributed by atoms with E-state index < -0.39 is 23.1 Å². The quantitative estimate of drug-likeness (QED) is 0.225. The first kappa shape index (κ1) is 42.9. The van der Waals surface area contributed by atoms with Gasteiger partial charge in [0.25, 0.3) is 0 Å². The SMILES string of the molecule is CC(C)(C)OC(=O)N1CCOC(CCl)C1.COC(=O)c1ccc(O)cc1.COC(=O)c1ccc(OCC2CN(C(=O)OC(C)(C)C)CCO2)cc1. The molecule has 284 valence electrons. The van der Waals surface area contributed by atoms with Gasteiger partial charge in [0.2, 0.25) is 0 Å². The number of phenols is 1. The number of hydrogen-bond acceptors (Lipinski definition) is 12. The van der Waals surface area contributed by atoms with Gasteiger partial charge in [-0.05, 0) is 90.1 Å². The number of ether oxygens (including phenoxy) is 7. The Morgan fingerprint density at radius 3 is 1.55 bits per heavy atom. The number of benzene rings is 2. The van der Waals surface area contributed by atoms with Crippen molar-refractivity contribution in [1.82, 2.24) is 9.80 Å². The molecule has 2 amide bonds. The van der Waals surface area contributed by atoms with Crippen LogP contribution < -0.4 is 4.74 Å². The number of aromatic hydroxyl groups is 1. The molecule has 2 heterocycles. The third-order valence-electron chi connectivity index (χ3n) is 6.75. The Bertz CT molecular complexity index is 1390. The van der Waals surface area contributed by atoms with Crippen LogP contribution in [0.25, 0.3) is 0 Å². The molecule has 0 radical (unpaired) electrons. The van der Waals surface area contributed by atoms with Crippen LogP contribution in [0.2, 0.25) is 0 Å². The summed E-state index contributed by atoms with van der Waals surface area (Å²) in [7, 11) is 2.65. The van der Waals surface area contributed by atoms with Crippen LogP contribution >= 0.6 is 11.6 Å². The van der Waals surface area contributed by atoms with Gasteiger partial charge in [0, 0.05) is 13.1 Å². The van der Waals surface area contributed by atoms with Crippen molar-refractivity contribution in [1.29, 1.82) is 0 Å². The summed E-state index contributed by atoms with van der Waals surface area (Å²) in [6.45, 7) is 14.3. The average Bonchev–Trinajstić information content (AvgIpc) is 3.10.